The summed E-state index contributed by atoms with van der Waals surface area (Å²) in [6.07, 6.45) is 0. The molecule has 0 fully saturated rings. The van der Waals surface area contributed by atoms with Crippen LogP contribution in [-0.2, 0) is 0 Å². The van der Waals surface area contributed by atoms with Crippen molar-refractivity contribution in [3.05, 3.63) is 17.3 Å². The molecule has 0 aliphatic rings. The molecule has 0 saturated carbocycles. The minimum Gasteiger partial charge on any atom is -0.478 e. The van der Waals surface area contributed by atoms with Gasteiger partial charge in [0, 0.05) is 0 Å². The molecule has 0 radical (unpaired) electrons. The number of anilines is 1. The lowest BCUT2D eigenvalue weighted by atomic mass is 10.2. The molecule has 0 unspecified atom stereocenters. The van der Waals surface area contributed by atoms with Crippen LogP contribution in [0.15, 0.2) is 6.07 Å². The molecule has 0 aliphatic carbocycles. The monoisotopic (exact) mass is 169 g/mol. The molecule has 12 heavy (non-hydrogen) atoms. The third-order valence-corrected chi connectivity index (χ3v) is 1.25. The molecule has 0 bridgehead atoms. The lowest BCUT2D eigenvalue weighted by Gasteiger charge is -2.01. The Balaban J connectivity index is 3.21. The summed E-state index contributed by atoms with van der Waals surface area (Å²) in [6, 6.07) is 1.31. The van der Waals surface area contributed by atoms with E-state index >= 15 is 0 Å². The van der Waals surface area contributed by atoms with Crippen molar-refractivity contribution >= 4 is 11.8 Å². The first kappa shape index (κ1) is 8.41. The molecule has 1 aromatic rings. The van der Waals surface area contributed by atoms with Crippen LogP contribution >= 0.6 is 0 Å². The molecule has 1 heterocycles. The lowest BCUT2D eigenvalue weighted by molar-refractivity contribution is 0.0696. The Hall–Kier alpha value is -1.69. The highest BCUT2D eigenvalue weighted by molar-refractivity contribution is 5.92. The van der Waals surface area contributed by atoms with Gasteiger partial charge < -0.3 is 5.11 Å². The number of nitrogens with one attached hydrogen (secondary N) is 1. The molecule has 0 atom stereocenters. The fraction of sp³-hybridized carbons (Fsp3) is 0.167. The second kappa shape index (κ2) is 3.14. The van der Waals surface area contributed by atoms with Crippen LogP contribution in [0.5, 0.6) is 0 Å². The molecular formula is C6H7N3O3. The zero-order chi connectivity index (χ0) is 9.14. The Morgan fingerprint density at radius 2 is 2.25 bits per heavy atom. The predicted octanol–water partition coefficient (Wildman–Crippen LogP) is 0.284. The van der Waals surface area contributed by atoms with E-state index in [9.17, 15) is 4.79 Å². The predicted molar refractivity (Wildman–Crippen MR) is 39.1 cm³/mol. The number of hydrogen-bond acceptors (Lipinski definition) is 5. The van der Waals surface area contributed by atoms with Gasteiger partial charge in [0.05, 0.1) is 5.69 Å². The van der Waals surface area contributed by atoms with Crippen LogP contribution in [0.1, 0.15) is 16.1 Å². The molecular weight excluding hydrogens is 162 g/mol. The van der Waals surface area contributed by atoms with Crippen molar-refractivity contribution in [2.45, 2.75) is 6.92 Å². The number of rotatable bonds is 2. The Labute approximate surface area is 67.8 Å². The van der Waals surface area contributed by atoms with E-state index in [1.165, 1.54) is 6.07 Å². The van der Waals surface area contributed by atoms with Gasteiger partial charge in [-0.25, -0.2) is 10.3 Å². The summed E-state index contributed by atoms with van der Waals surface area (Å²) in [5.74, 6) is -1.32. The Kier molecular flexibility index (Phi) is 2.20. The van der Waals surface area contributed by atoms with Gasteiger partial charge in [0.15, 0.2) is 5.82 Å². The van der Waals surface area contributed by atoms with Crippen molar-refractivity contribution in [2.24, 2.45) is 0 Å². The molecule has 1 rings (SSSR count). The van der Waals surface area contributed by atoms with Crippen molar-refractivity contribution in [3.63, 3.8) is 0 Å². The van der Waals surface area contributed by atoms with Gasteiger partial charge in [-0.3, -0.25) is 5.21 Å². The van der Waals surface area contributed by atoms with Gasteiger partial charge in [-0.15, -0.1) is 5.10 Å². The van der Waals surface area contributed by atoms with E-state index in [1.807, 2.05) is 0 Å². The van der Waals surface area contributed by atoms with Crippen LogP contribution in [-0.4, -0.2) is 26.5 Å². The van der Waals surface area contributed by atoms with Gasteiger partial charge in [-0.1, -0.05) is 0 Å². The van der Waals surface area contributed by atoms with Crippen LogP contribution < -0.4 is 5.48 Å². The van der Waals surface area contributed by atoms with E-state index in [-0.39, 0.29) is 11.4 Å². The summed E-state index contributed by atoms with van der Waals surface area (Å²) in [6.45, 7) is 1.61. The summed E-state index contributed by atoms with van der Waals surface area (Å²) in [4.78, 5) is 10.5. The quantitative estimate of drug-likeness (QED) is 0.550. The summed E-state index contributed by atoms with van der Waals surface area (Å²) in [7, 11) is 0. The summed E-state index contributed by atoms with van der Waals surface area (Å²) in [5.41, 5.74) is 2.02. The van der Waals surface area contributed by atoms with Crippen molar-refractivity contribution in [1.82, 2.24) is 10.2 Å². The third-order valence-electron chi connectivity index (χ3n) is 1.25. The first-order valence-corrected chi connectivity index (χ1v) is 3.13. The van der Waals surface area contributed by atoms with Crippen LogP contribution in [0.25, 0.3) is 0 Å². The first-order valence-electron chi connectivity index (χ1n) is 3.13. The van der Waals surface area contributed by atoms with Crippen LogP contribution in [0.4, 0.5) is 5.82 Å². The second-order valence-corrected chi connectivity index (χ2v) is 2.16. The van der Waals surface area contributed by atoms with Crippen molar-refractivity contribution in [2.75, 3.05) is 5.48 Å². The maximum atomic E-state index is 10.5. The number of carboxylic acid groups (broad SMARTS) is 1. The Morgan fingerprint density at radius 3 is 2.75 bits per heavy atom. The van der Waals surface area contributed by atoms with Crippen LogP contribution in [0, 0.1) is 6.92 Å². The molecule has 6 heteroatoms. The Morgan fingerprint density at radius 1 is 1.58 bits per heavy atom. The van der Waals surface area contributed by atoms with Crippen LogP contribution in [0.3, 0.4) is 0 Å². The first-order chi connectivity index (χ1) is 5.65. The topological polar surface area (TPSA) is 95.3 Å². The normalized spacial score (nSPS) is 9.50. The maximum absolute atomic E-state index is 10.5. The molecule has 0 saturated heterocycles. The number of nitrogens with zero attached hydrogens (tertiary/aromatic N) is 2. The summed E-state index contributed by atoms with van der Waals surface area (Å²) < 4.78 is 0. The standard InChI is InChI=1S/C6H7N3O3/c1-3-2-4(6(10)11)5(9-12)8-7-3/h2,12H,1H3,(H,8,9)(H,10,11). The highest BCUT2D eigenvalue weighted by atomic mass is 16.5. The number of hydrogen-bond donors (Lipinski definition) is 3. The molecule has 0 spiro atoms. The van der Waals surface area contributed by atoms with E-state index in [4.69, 9.17) is 10.3 Å². The van der Waals surface area contributed by atoms with Crippen molar-refractivity contribution < 1.29 is 15.1 Å². The van der Waals surface area contributed by atoms with Gasteiger partial charge in [0.2, 0.25) is 0 Å². The zero-order valence-electron chi connectivity index (χ0n) is 6.27. The van der Waals surface area contributed by atoms with E-state index in [2.05, 4.69) is 10.2 Å². The fourth-order valence-corrected chi connectivity index (χ4v) is 0.734. The number of aromatic carboxylic acids is 1. The summed E-state index contributed by atoms with van der Waals surface area (Å²) >= 11 is 0. The molecule has 0 aromatic carbocycles. The Bertz CT molecular complexity index is 313. The van der Waals surface area contributed by atoms with Gasteiger partial charge in [-0.2, -0.15) is 5.10 Å². The molecule has 0 aliphatic heterocycles. The SMILES string of the molecule is Cc1cc(C(=O)O)c(NO)nn1. The van der Waals surface area contributed by atoms with Gasteiger partial charge in [0.25, 0.3) is 0 Å². The maximum Gasteiger partial charge on any atom is 0.339 e. The fourth-order valence-electron chi connectivity index (χ4n) is 0.734. The second-order valence-electron chi connectivity index (χ2n) is 2.16. The molecule has 64 valence electrons. The summed E-state index contributed by atoms with van der Waals surface area (Å²) in [5, 5.41) is 24.0. The van der Waals surface area contributed by atoms with E-state index in [0.717, 1.165) is 0 Å². The molecule has 0 amide bonds. The van der Waals surface area contributed by atoms with E-state index < -0.39 is 5.97 Å². The largest absolute Gasteiger partial charge is 0.478 e. The number of carboxylic acids is 1. The van der Waals surface area contributed by atoms with Gasteiger partial charge in [0.1, 0.15) is 5.56 Å². The van der Waals surface area contributed by atoms with Crippen LogP contribution in [0.2, 0.25) is 0 Å². The third kappa shape index (κ3) is 1.48. The average Bonchev–Trinajstić information content (AvgIpc) is 2.04. The van der Waals surface area contributed by atoms with Crippen molar-refractivity contribution in [3.8, 4) is 0 Å². The number of aromatic nitrogens is 2. The van der Waals surface area contributed by atoms with E-state index in [1.54, 1.807) is 12.4 Å². The number of aryl methyl sites for hydroxylation is 1. The molecule has 6 nitrogen and oxygen atoms in total. The molecule has 3 N–H and O–H groups in total. The minimum atomic E-state index is -1.16. The average molecular weight is 169 g/mol. The highest BCUT2D eigenvalue weighted by Gasteiger charge is 2.11. The smallest absolute Gasteiger partial charge is 0.339 e. The lowest BCUT2D eigenvalue weighted by Crippen LogP contribution is -2.07. The van der Waals surface area contributed by atoms with Crippen molar-refractivity contribution in [1.29, 1.82) is 0 Å². The van der Waals surface area contributed by atoms with Gasteiger partial charge >= 0.3 is 5.97 Å². The minimum absolute atomic E-state index is 0.106. The number of carbonyl (C=O) groups is 1. The van der Waals surface area contributed by atoms with E-state index in [0.29, 0.717) is 5.69 Å². The van der Waals surface area contributed by atoms with Gasteiger partial charge in [-0.05, 0) is 13.0 Å². The highest BCUT2D eigenvalue weighted by Crippen LogP contribution is 2.10. The molecule has 1 aromatic heterocycles. The zero-order valence-corrected chi connectivity index (χ0v) is 6.27.